The summed E-state index contributed by atoms with van der Waals surface area (Å²) in [5.74, 6) is -5.13. The van der Waals surface area contributed by atoms with Gasteiger partial charge in [-0.2, -0.15) is 13.2 Å². The number of nitrogens with one attached hydrogen (secondary N) is 2. The number of piperidine rings is 1. The molecule has 6 bridgehead atoms. The molecule has 4 atom stereocenters. The Hall–Kier alpha value is -5.40. The molecule has 3 aliphatic heterocycles. The van der Waals surface area contributed by atoms with Crippen LogP contribution in [0.25, 0.3) is 33.4 Å². The molecule has 1 unspecified atom stereocenters. The van der Waals surface area contributed by atoms with E-state index in [0.717, 1.165) is 39.0 Å². The molecule has 4 aromatic rings. The molecule has 15 nitrogen and oxygen atoms in total. The molecule has 0 radical (unpaired) electrons. The minimum Gasteiger partial charge on any atom is -0.464 e. The van der Waals surface area contributed by atoms with Gasteiger partial charge in [-0.15, -0.1) is 11.3 Å². The third kappa shape index (κ3) is 10.5. The number of nitrogens with zero attached hydrogens (tertiary/aromatic N) is 6. The van der Waals surface area contributed by atoms with Crippen LogP contribution >= 0.6 is 11.3 Å². The molecule has 0 aliphatic carbocycles. The number of esters is 1. The van der Waals surface area contributed by atoms with E-state index in [1.807, 2.05) is 24.4 Å². The van der Waals surface area contributed by atoms with Crippen molar-refractivity contribution in [1.29, 1.82) is 0 Å². The first kappa shape index (κ1) is 49.5. The summed E-state index contributed by atoms with van der Waals surface area (Å²) in [6.45, 7) is 12.5. The maximum atomic E-state index is 14.6. The number of aromatic nitrogens is 3. The average molecular weight is 951 g/mol. The molecular weight excluding hydrogens is 890 g/mol. The Bertz CT molecular complexity index is 2500. The smallest absolute Gasteiger partial charge is 0.450 e. The van der Waals surface area contributed by atoms with Crippen molar-refractivity contribution < 1.29 is 46.6 Å². The number of likely N-dealkylation sites (N-methyl/N-ethyl adjacent to an activating group) is 1. The lowest BCUT2D eigenvalue weighted by Crippen LogP contribution is -2.62. The number of hydrogen-bond donors (Lipinski definition) is 2. The summed E-state index contributed by atoms with van der Waals surface area (Å²) < 4.78 is 53.6. The van der Waals surface area contributed by atoms with Crippen LogP contribution < -0.4 is 10.7 Å². The molecule has 0 spiro atoms. The molecule has 7 rings (SSSR count). The van der Waals surface area contributed by atoms with Crippen LogP contribution in [0.1, 0.15) is 89.6 Å². The highest BCUT2D eigenvalue weighted by atomic mass is 32.1. The lowest BCUT2D eigenvalue weighted by Gasteiger charge is -2.38. The lowest BCUT2D eigenvalue weighted by molar-refractivity contribution is -0.176. The molecule has 1 aromatic carbocycles. The highest BCUT2D eigenvalue weighted by molar-refractivity contribution is 7.10. The monoisotopic (exact) mass is 950 g/mol. The van der Waals surface area contributed by atoms with Crippen LogP contribution in [-0.4, -0.2) is 124 Å². The van der Waals surface area contributed by atoms with E-state index < -0.39 is 71.2 Å². The first-order valence-corrected chi connectivity index (χ1v) is 23.9. The van der Waals surface area contributed by atoms with E-state index in [1.54, 1.807) is 27.2 Å². The predicted molar refractivity (Wildman–Crippen MR) is 246 cm³/mol. The first-order valence-electron chi connectivity index (χ1n) is 23.0. The van der Waals surface area contributed by atoms with Crippen LogP contribution in [0.5, 0.6) is 0 Å². The normalized spacial score (nSPS) is 20.6. The van der Waals surface area contributed by atoms with Gasteiger partial charge >= 0.3 is 18.2 Å². The summed E-state index contributed by atoms with van der Waals surface area (Å²) in [6.07, 6.45) is -2.35. The van der Waals surface area contributed by atoms with Crippen molar-refractivity contribution in [2.75, 3.05) is 40.4 Å². The van der Waals surface area contributed by atoms with Gasteiger partial charge in [-0.05, 0) is 81.7 Å². The number of halogens is 3. The molecule has 2 N–H and O–H groups in total. The number of pyridine rings is 1. The summed E-state index contributed by atoms with van der Waals surface area (Å²) in [4.78, 5) is 80.9. The summed E-state index contributed by atoms with van der Waals surface area (Å²) >= 11 is 1.34. The first-order chi connectivity index (χ1) is 31.7. The second kappa shape index (κ2) is 20.1. The number of rotatable bonds is 9. The van der Waals surface area contributed by atoms with Gasteiger partial charge < -0.3 is 29.2 Å². The minimum atomic E-state index is -4.96. The number of methoxy groups -OCH3 is 1. The Labute approximate surface area is 392 Å². The van der Waals surface area contributed by atoms with Gasteiger partial charge in [0.2, 0.25) is 11.7 Å². The van der Waals surface area contributed by atoms with Crippen LogP contribution in [0.15, 0.2) is 41.9 Å². The number of thiazole rings is 1. The summed E-state index contributed by atoms with van der Waals surface area (Å²) in [7, 11) is 3.10. The average Bonchev–Trinajstić information content (AvgIpc) is 3.90. The van der Waals surface area contributed by atoms with Gasteiger partial charge in [0.05, 0.1) is 34.8 Å². The quantitative estimate of drug-likeness (QED) is 0.165. The van der Waals surface area contributed by atoms with Gasteiger partial charge in [-0.1, -0.05) is 33.8 Å². The summed E-state index contributed by atoms with van der Waals surface area (Å²) in [5, 5.41) is 7.76. The number of hydrazine groups is 1. The number of aryl methyl sites for hydroxylation is 1. The number of hydrogen-bond acceptors (Lipinski definition) is 11. The van der Waals surface area contributed by atoms with Gasteiger partial charge in [0.15, 0.2) is 0 Å². The minimum absolute atomic E-state index is 0.00866. The zero-order valence-corrected chi connectivity index (χ0v) is 40.2. The molecule has 3 aromatic heterocycles. The number of amides is 4. The summed E-state index contributed by atoms with van der Waals surface area (Å²) in [5.41, 5.74) is 8.89. The maximum Gasteiger partial charge on any atom is 0.450 e. The van der Waals surface area contributed by atoms with E-state index in [-0.39, 0.29) is 51.6 Å². The van der Waals surface area contributed by atoms with Gasteiger partial charge in [-0.25, -0.2) is 15.2 Å². The van der Waals surface area contributed by atoms with Gasteiger partial charge in [0.25, 0.3) is 5.91 Å². The Morgan fingerprint density at radius 3 is 2.49 bits per heavy atom. The van der Waals surface area contributed by atoms with Crippen molar-refractivity contribution >= 4 is 51.8 Å². The fourth-order valence-electron chi connectivity index (χ4n) is 9.65. The number of benzene rings is 1. The maximum absolute atomic E-state index is 14.6. The largest absolute Gasteiger partial charge is 0.464 e. The number of cyclic esters (lactones) is 1. The van der Waals surface area contributed by atoms with Gasteiger partial charge in [0, 0.05) is 91.7 Å². The number of ether oxygens (including phenoxy) is 2. The van der Waals surface area contributed by atoms with E-state index in [2.05, 4.69) is 54.3 Å². The van der Waals surface area contributed by atoms with Crippen molar-refractivity contribution in [2.45, 2.75) is 117 Å². The predicted octanol–water partition coefficient (Wildman–Crippen LogP) is 7.12. The van der Waals surface area contributed by atoms with E-state index in [4.69, 9.17) is 19.4 Å². The Balaban J connectivity index is 1.23. The molecule has 19 heteroatoms. The zero-order valence-electron chi connectivity index (χ0n) is 39.4. The molecule has 362 valence electrons. The lowest BCUT2D eigenvalue weighted by atomic mass is 9.84. The van der Waals surface area contributed by atoms with Crippen molar-refractivity contribution in [3.8, 4) is 22.5 Å². The van der Waals surface area contributed by atoms with E-state index in [1.165, 1.54) is 33.2 Å². The number of alkyl halides is 3. The second-order valence-corrected chi connectivity index (χ2v) is 19.9. The topological polar surface area (TPSA) is 168 Å². The van der Waals surface area contributed by atoms with Gasteiger partial charge in [0.1, 0.15) is 18.1 Å². The molecule has 4 amide bonds. The van der Waals surface area contributed by atoms with Gasteiger partial charge in [-0.3, -0.25) is 29.2 Å². The van der Waals surface area contributed by atoms with E-state index in [9.17, 15) is 37.1 Å². The third-order valence-corrected chi connectivity index (χ3v) is 14.1. The molecule has 0 saturated carbocycles. The third-order valence-electron chi connectivity index (χ3n) is 13.2. The molecule has 2 fully saturated rings. The second-order valence-electron chi connectivity index (χ2n) is 19.0. The molecule has 2 saturated heterocycles. The van der Waals surface area contributed by atoms with Crippen molar-refractivity contribution in [3.63, 3.8) is 0 Å². The molecule has 6 heterocycles. The molecule has 67 heavy (non-hydrogen) atoms. The van der Waals surface area contributed by atoms with Crippen molar-refractivity contribution in [1.82, 2.24) is 40.1 Å². The number of fused-ring (bicyclic) bond motifs is 6. The fraction of sp³-hybridized carbons (Fsp3) is 0.562. The molecule has 3 aliphatic rings. The highest BCUT2D eigenvalue weighted by Crippen LogP contribution is 2.42. The van der Waals surface area contributed by atoms with E-state index >= 15 is 0 Å². The molecular formula is C48H61F3N8O7S. The number of Topliss-reactive ketones (excluding diaryl/α,β-unsaturated/α-hetero) is 1. The van der Waals surface area contributed by atoms with E-state index in [0.29, 0.717) is 36.5 Å². The highest BCUT2D eigenvalue weighted by Gasteiger charge is 2.45. The van der Waals surface area contributed by atoms with Crippen LogP contribution in [0.3, 0.4) is 0 Å². The van der Waals surface area contributed by atoms with Crippen molar-refractivity contribution in [2.24, 2.45) is 17.3 Å². The van der Waals surface area contributed by atoms with Crippen LogP contribution in [-0.2, 0) is 48.0 Å². The van der Waals surface area contributed by atoms with Crippen LogP contribution in [0.2, 0.25) is 0 Å². The Morgan fingerprint density at radius 1 is 1.09 bits per heavy atom. The van der Waals surface area contributed by atoms with Crippen LogP contribution in [0.4, 0.5) is 18.0 Å². The number of carbonyl (C=O) groups is 5. The Morgan fingerprint density at radius 2 is 1.82 bits per heavy atom. The van der Waals surface area contributed by atoms with Crippen molar-refractivity contribution in [3.05, 3.63) is 58.2 Å². The number of likely N-dealkylation sites (tertiary alicyclic amines) is 1. The number of carbonyl (C=O) groups excluding carboxylic acids is 5. The standard InChI is InChI=1S/C48H61F3N8O7S/c1-9-58-37-15-14-30-22-32(37)33(41(58)31-12-10-18-52-39(31)28(4)65-8)24-47(5,6)26-66-45(63)34-13-11-19-59(55-34)44(62)35(23-38-53-36(30)25-67-38)54-43(61)40(27(2)3)56(7)46(64)57-20-16-29(17-21-57)42(60)48(49,50)51/h10,12,14-15,18,22,25,27-29,34-35,40,55H,9,11,13,16-17,19-21,23-24,26H2,1-8H3,(H,54,61)/t28-,34-,35-,40?/m0/s1. The zero-order chi connectivity index (χ0) is 48.5. The number of urea groups is 1. The SMILES string of the molecule is CCn1c(-c2cccnc2[C@H](C)OC)c2c3cc(ccc31)-c1csc(n1)C[C@H](NC(=O)C(C(C)C)N(C)C(=O)N1CCC(C(=O)C(F)(F)F)CC1)C(=O)N1CCC[C@H](N1)C(=O)OCC(C)(C)C2. The number of ketones is 1. The van der Waals surface area contributed by atoms with Crippen LogP contribution in [0, 0.1) is 17.3 Å². The summed E-state index contributed by atoms with van der Waals surface area (Å²) in [6, 6.07) is 6.53. The fourth-order valence-corrected chi connectivity index (χ4v) is 10.5. The Kier molecular flexibility index (Phi) is 14.8.